The van der Waals surface area contributed by atoms with E-state index in [1.165, 1.54) is 12.1 Å². The molecule has 2 amide bonds. The number of carbonyl (C=O) groups is 2. The van der Waals surface area contributed by atoms with E-state index in [4.69, 9.17) is 16.7 Å². The smallest absolute Gasteiger partial charge is 0.296 e. The van der Waals surface area contributed by atoms with Gasteiger partial charge in [0.2, 0.25) is 10.0 Å². The zero-order valence-electron chi connectivity index (χ0n) is 13.9. The van der Waals surface area contributed by atoms with E-state index in [9.17, 15) is 23.1 Å². The van der Waals surface area contributed by atoms with Crippen molar-refractivity contribution in [3.63, 3.8) is 0 Å². The number of primary sulfonamides is 1. The lowest BCUT2D eigenvalue weighted by atomic mass is 10.1. The van der Waals surface area contributed by atoms with Gasteiger partial charge in [-0.25, -0.2) is 13.6 Å². The van der Waals surface area contributed by atoms with Gasteiger partial charge in [0.05, 0.1) is 10.5 Å². The minimum absolute atomic E-state index is 0.0242. The number of aliphatic hydroxyl groups excluding tert-OH is 1. The van der Waals surface area contributed by atoms with Gasteiger partial charge in [-0.15, -0.1) is 0 Å². The van der Waals surface area contributed by atoms with Crippen LogP contribution < -0.4 is 5.14 Å². The second-order valence-corrected chi connectivity index (χ2v) is 7.93. The molecule has 27 heavy (non-hydrogen) atoms. The van der Waals surface area contributed by atoms with Gasteiger partial charge in [-0.2, -0.15) is 0 Å². The highest BCUT2D eigenvalue weighted by molar-refractivity contribution is 7.89. The number of benzene rings is 2. The molecule has 0 aromatic heterocycles. The first-order valence-corrected chi connectivity index (χ1v) is 9.78. The highest BCUT2D eigenvalue weighted by Crippen LogP contribution is 2.29. The lowest BCUT2D eigenvalue weighted by molar-refractivity contribution is -0.138. The number of halogens is 1. The summed E-state index contributed by atoms with van der Waals surface area (Å²) in [5.74, 6) is -1.97. The van der Waals surface area contributed by atoms with Crippen LogP contribution in [0.25, 0.3) is 5.57 Å². The zero-order valence-corrected chi connectivity index (χ0v) is 15.5. The Morgan fingerprint density at radius 2 is 1.56 bits per heavy atom. The summed E-state index contributed by atoms with van der Waals surface area (Å²) in [6.07, 6.45) is 0.295. The maximum absolute atomic E-state index is 12.6. The summed E-state index contributed by atoms with van der Waals surface area (Å²) in [5.41, 5.74) is 1.04. The van der Waals surface area contributed by atoms with E-state index in [-0.39, 0.29) is 17.0 Å². The average Bonchev–Trinajstić information content (AvgIpc) is 2.83. The number of sulfonamides is 1. The quantitative estimate of drug-likeness (QED) is 0.735. The van der Waals surface area contributed by atoms with Gasteiger partial charge in [0.25, 0.3) is 11.8 Å². The predicted octanol–water partition coefficient (Wildman–Crippen LogP) is 1.87. The van der Waals surface area contributed by atoms with Crippen molar-refractivity contribution in [1.29, 1.82) is 0 Å². The molecule has 0 saturated heterocycles. The molecule has 0 bridgehead atoms. The summed E-state index contributed by atoms with van der Waals surface area (Å²) in [5, 5.41) is 15.6. The molecule has 9 heteroatoms. The molecular formula is C18H15ClN2O5S. The largest absolute Gasteiger partial charge is 0.502 e. The molecule has 2 aromatic rings. The van der Waals surface area contributed by atoms with Crippen molar-refractivity contribution in [2.75, 3.05) is 6.54 Å². The van der Waals surface area contributed by atoms with Gasteiger partial charge in [-0.3, -0.25) is 14.5 Å². The molecule has 2 aromatic carbocycles. The van der Waals surface area contributed by atoms with Gasteiger partial charge in [0.1, 0.15) is 0 Å². The number of hydrogen-bond acceptors (Lipinski definition) is 5. The molecule has 3 rings (SSSR count). The normalized spacial score (nSPS) is 15.0. The molecule has 0 fully saturated rings. The number of rotatable bonds is 5. The van der Waals surface area contributed by atoms with Crippen LogP contribution in [0.1, 0.15) is 11.1 Å². The fraction of sp³-hybridized carbons (Fsp3) is 0.111. The van der Waals surface area contributed by atoms with E-state index in [1.54, 1.807) is 36.4 Å². The number of amides is 2. The summed E-state index contributed by atoms with van der Waals surface area (Å²) in [6.45, 7) is 0.0353. The van der Waals surface area contributed by atoms with Crippen LogP contribution in [0, 0.1) is 0 Å². The predicted molar refractivity (Wildman–Crippen MR) is 99.2 cm³/mol. The van der Waals surface area contributed by atoms with Crippen molar-refractivity contribution in [2.24, 2.45) is 5.14 Å². The van der Waals surface area contributed by atoms with Crippen molar-refractivity contribution >= 4 is 39.0 Å². The van der Waals surface area contributed by atoms with Crippen molar-refractivity contribution in [3.05, 3.63) is 70.4 Å². The molecule has 0 saturated carbocycles. The van der Waals surface area contributed by atoms with Gasteiger partial charge in [0.15, 0.2) is 5.76 Å². The summed E-state index contributed by atoms with van der Waals surface area (Å²) >= 11 is 5.82. The molecule has 3 N–H and O–H groups in total. The Morgan fingerprint density at radius 1 is 0.963 bits per heavy atom. The third-order valence-corrected chi connectivity index (χ3v) is 5.33. The van der Waals surface area contributed by atoms with E-state index in [0.29, 0.717) is 22.6 Å². The third-order valence-electron chi connectivity index (χ3n) is 4.15. The molecule has 1 aliphatic heterocycles. The average molecular weight is 407 g/mol. The monoisotopic (exact) mass is 406 g/mol. The maximum Gasteiger partial charge on any atom is 0.296 e. The first kappa shape index (κ1) is 19.1. The SMILES string of the molecule is NS(=O)(=O)c1ccc(CCN2C(=O)C(O)=C(c3ccc(Cl)cc3)C2=O)cc1. The van der Waals surface area contributed by atoms with Crippen LogP contribution in [0.2, 0.25) is 5.02 Å². The van der Waals surface area contributed by atoms with Crippen LogP contribution in [0.15, 0.2) is 59.2 Å². The van der Waals surface area contributed by atoms with Crippen LogP contribution in [0.3, 0.4) is 0 Å². The number of hydrogen-bond donors (Lipinski definition) is 2. The zero-order chi connectivity index (χ0) is 19.8. The molecule has 1 heterocycles. The van der Waals surface area contributed by atoms with Gasteiger partial charge >= 0.3 is 0 Å². The van der Waals surface area contributed by atoms with Crippen LogP contribution >= 0.6 is 11.6 Å². The summed E-state index contributed by atoms with van der Waals surface area (Å²) in [6, 6.07) is 12.0. The Kier molecular flexibility index (Phi) is 5.05. The highest BCUT2D eigenvalue weighted by Gasteiger charge is 2.38. The van der Waals surface area contributed by atoms with Crippen molar-refractivity contribution < 1.29 is 23.1 Å². The number of aliphatic hydroxyl groups is 1. The first-order chi connectivity index (χ1) is 12.7. The fourth-order valence-electron chi connectivity index (χ4n) is 2.73. The van der Waals surface area contributed by atoms with Crippen LogP contribution in [-0.2, 0) is 26.0 Å². The van der Waals surface area contributed by atoms with Gasteiger partial charge in [-0.1, -0.05) is 35.9 Å². The minimum Gasteiger partial charge on any atom is -0.502 e. The molecule has 0 radical (unpaired) electrons. The summed E-state index contributed by atoms with van der Waals surface area (Å²) in [4.78, 5) is 25.8. The topological polar surface area (TPSA) is 118 Å². The Morgan fingerprint density at radius 3 is 2.11 bits per heavy atom. The van der Waals surface area contributed by atoms with Crippen LogP contribution in [0.5, 0.6) is 0 Å². The second kappa shape index (κ2) is 7.15. The van der Waals surface area contributed by atoms with Crippen LogP contribution in [0.4, 0.5) is 0 Å². The van der Waals surface area contributed by atoms with Gasteiger partial charge < -0.3 is 5.11 Å². The fourth-order valence-corrected chi connectivity index (χ4v) is 3.37. The Balaban J connectivity index is 1.75. The molecular weight excluding hydrogens is 392 g/mol. The van der Waals surface area contributed by atoms with Crippen molar-refractivity contribution in [3.8, 4) is 0 Å². The Labute approximate surface area is 160 Å². The lowest BCUT2D eigenvalue weighted by Crippen LogP contribution is -2.33. The standard InChI is InChI=1S/C18H15ClN2O5S/c19-13-5-3-12(4-6-13)15-16(22)18(24)21(17(15)23)10-9-11-1-7-14(8-2-11)27(20,25)26/h1-8,22H,9-10H2,(H2,20,25,26). The molecule has 0 unspecified atom stereocenters. The van der Waals surface area contributed by atoms with E-state index in [0.717, 1.165) is 4.90 Å². The Bertz CT molecular complexity index is 1040. The minimum atomic E-state index is -3.78. The van der Waals surface area contributed by atoms with E-state index >= 15 is 0 Å². The van der Waals surface area contributed by atoms with Crippen molar-refractivity contribution in [2.45, 2.75) is 11.3 Å². The van der Waals surface area contributed by atoms with E-state index in [2.05, 4.69) is 0 Å². The summed E-state index contributed by atoms with van der Waals surface area (Å²) < 4.78 is 22.5. The lowest BCUT2D eigenvalue weighted by Gasteiger charge is -2.14. The van der Waals surface area contributed by atoms with Crippen molar-refractivity contribution in [1.82, 2.24) is 4.90 Å². The maximum atomic E-state index is 12.6. The molecule has 0 aliphatic carbocycles. The first-order valence-electron chi connectivity index (χ1n) is 7.85. The Hall–Kier alpha value is -2.68. The van der Waals surface area contributed by atoms with Gasteiger partial charge in [0, 0.05) is 11.6 Å². The van der Waals surface area contributed by atoms with E-state index in [1.807, 2.05) is 0 Å². The number of nitrogens with zero attached hydrogens (tertiary/aromatic N) is 1. The molecule has 0 atom stereocenters. The molecule has 0 spiro atoms. The third kappa shape index (κ3) is 3.87. The second-order valence-electron chi connectivity index (χ2n) is 5.93. The molecule has 1 aliphatic rings. The van der Waals surface area contributed by atoms with Gasteiger partial charge in [-0.05, 0) is 41.8 Å². The van der Waals surface area contributed by atoms with Crippen LogP contribution in [-0.4, -0.2) is 36.8 Å². The number of imide groups is 1. The van der Waals surface area contributed by atoms with E-state index < -0.39 is 27.6 Å². The molecule has 140 valence electrons. The number of carbonyl (C=O) groups excluding carboxylic acids is 2. The number of nitrogens with two attached hydrogens (primary N) is 1. The highest BCUT2D eigenvalue weighted by atomic mass is 35.5. The molecule has 7 nitrogen and oxygen atoms in total. The summed E-state index contributed by atoms with van der Waals surface area (Å²) in [7, 11) is -3.78.